The van der Waals surface area contributed by atoms with Crippen LogP contribution in [0.1, 0.15) is 6.42 Å². The van der Waals surface area contributed by atoms with E-state index in [4.69, 9.17) is 15.8 Å². The van der Waals surface area contributed by atoms with Crippen LogP contribution in [-0.4, -0.2) is 24.1 Å². The van der Waals surface area contributed by atoms with Gasteiger partial charge in [-0.05, 0) is 38.2 Å². The second-order valence-corrected chi connectivity index (χ2v) is 12.2. The molecule has 0 aliphatic rings. The first-order chi connectivity index (χ1) is 8.35. The first kappa shape index (κ1) is 15.5. The molecule has 0 aliphatic heterocycles. The fourth-order valence-electron chi connectivity index (χ4n) is 1.39. The Morgan fingerprint density at radius 2 is 1.89 bits per heavy atom. The maximum atomic E-state index is 12.7. The molecule has 0 bridgehead atoms. The van der Waals surface area contributed by atoms with Crippen LogP contribution in [0.25, 0.3) is 0 Å². The SMILES string of the molecule is C[Si](C)(C)N=S(=O)(CCCCl)Oc1ccccc1. The topological polar surface area (TPSA) is 38.7 Å². The van der Waals surface area contributed by atoms with Gasteiger partial charge in [0.1, 0.15) is 5.75 Å². The lowest BCUT2D eigenvalue weighted by molar-refractivity contribution is 0.550. The minimum Gasteiger partial charge on any atom is -0.396 e. The smallest absolute Gasteiger partial charge is 0.197 e. The molecule has 0 aliphatic carbocycles. The van der Waals surface area contributed by atoms with Crippen molar-refractivity contribution in [3.63, 3.8) is 0 Å². The van der Waals surface area contributed by atoms with Gasteiger partial charge in [0.15, 0.2) is 18.2 Å². The summed E-state index contributed by atoms with van der Waals surface area (Å²) in [6, 6.07) is 9.18. The Kier molecular flexibility index (Phi) is 5.69. The van der Waals surface area contributed by atoms with E-state index in [1.165, 1.54) is 0 Å². The Morgan fingerprint density at radius 1 is 1.28 bits per heavy atom. The summed E-state index contributed by atoms with van der Waals surface area (Å²) in [7, 11) is -4.47. The molecule has 6 heteroatoms. The second-order valence-electron chi connectivity index (χ2n) is 4.99. The number of hydrogen-bond acceptors (Lipinski definition) is 3. The van der Waals surface area contributed by atoms with Gasteiger partial charge in [0, 0.05) is 5.88 Å². The average Bonchev–Trinajstić information content (AvgIpc) is 2.25. The van der Waals surface area contributed by atoms with E-state index in [0.29, 0.717) is 23.8 Å². The van der Waals surface area contributed by atoms with Crippen molar-refractivity contribution in [2.75, 3.05) is 11.6 Å². The van der Waals surface area contributed by atoms with Crippen molar-refractivity contribution < 1.29 is 8.39 Å². The standard InChI is InChI=1S/C12H20ClNO2SSi/c1-18(2,3)14-17(15,11-7-10-13)16-12-8-5-4-6-9-12/h4-6,8-9H,7,10-11H2,1-3H3. The monoisotopic (exact) mass is 305 g/mol. The third kappa shape index (κ3) is 5.89. The van der Waals surface area contributed by atoms with Crippen LogP contribution in [0.2, 0.25) is 19.6 Å². The molecule has 0 radical (unpaired) electrons. The Bertz CT molecular complexity index is 479. The quantitative estimate of drug-likeness (QED) is 0.590. The minimum atomic E-state index is -2.66. The predicted molar refractivity (Wildman–Crippen MR) is 81.2 cm³/mol. The molecule has 1 rings (SSSR count). The molecule has 0 spiro atoms. The first-order valence-electron chi connectivity index (χ1n) is 5.91. The molecule has 0 fully saturated rings. The van der Waals surface area contributed by atoms with Gasteiger partial charge in [-0.3, -0.25) is 0 Å². The molecule has 0 saturated heterocycles. The molecule has 1 aromatic rings. The third-order valence-electron chi connectivity index (χ3n) is 1.92. The maximum Gasteiger partial charge on any atom is 0.197 e. The minimum absolute atomic E-state index is 0.385. The summed E-state index contributed by atoms with van der Waals surface area (Å²) >= 11 is 5.67. The van der Waals surface area contributed by atoms with E-state index >= 15 is 0 Å². The molecule has 102 valence electrons. The summed E-state index contributed by atoms with van der Waals surface area (Å²) in [5.74, 6) is 1.45. The van der Waals surface area contributed by atoms with Gasteiger partial charge in [0.05, 0.1) is 5.75 Å². The fourth-order valence-corrected chi connectivity index (χ4v) is 6.54. The number of rotatable bonds is 6. The Labute approximate surface area is 116 Å². The van der Waals surface area contributed by atoms with E-state index in [1.54, 1.807) is 12.1 Å². The molecular weight excluding hydrogens is 286 g/mol. The van der Waals surface area contributed by atoms with Crippen LogP contribution in [0.15, 0.2) is 34.4 Å². The van der Waals surface area contributed by atoms with Crippen LogP contribution in [0.3, 0.4) is 0 Å². The summed E-state index contributed by atoms with van der Waals surface area (Å²) in [6.45, 7) is 6.13. The van der Waals surface area contributed by atoms with Gasteiger partial charge in [-0.15, -0.1) is 11.6 Å². The van der Waals surface area contributed by atoms with Gasteiger partial charge < -0.3 is 4.18 Å². The van der Waals surface area contributed by atoms with Crippen LogP contribution < -0.4 is 4.18 Å². The third-order valence-corrected chi connectivity index (χ3v) is 6.75. The zero-order chi connectivity index (χ0) is 13.6. The van der Waals surface area contributed by atoms with Gasteiger partial charge in [0.25, 0.3) is 0 Å². The molecule has 3 nitrogen and oxygen atoms in total. The van der Waals surface area contributed by atoms with Crippen molar-refractivity contribution >= 4 is 29.8 Å². The largest absolute Gasteiger partial charge is 0.396 e. The molecule has 0 heterocycles. The zero-order valence-corrected chi connectivity index (χ0v) is 13.6. The maximum absolute atomic E-state index is 12.7. The van der Waals surface area contributed by atoms with E-state index in [2.05, 4.69) is 4.03 Å². The highest BCUT2D eigenvalue weighted by molar-refractivity contribution is 7.90. The average molecular weight is 306 g/mol. The molecule has 18 heavy (non-hydrogen) atoms. The second kappa shape index (κ2) is 6.59. The van der Waals surface area contributed by atoms with Crippen molar-refractivity contribution in [1.29, 1.82) is 0 Å². The van der Waals surface area contributed by atoms with Crippen LogP contribution in [-0.2, 0) is 10.0 Å². The predicted octanol–water partition coefficient (Wildman–Crippen LogP) is 3.91. The van der Waals surface area contributed by atoms with Crippen molar-refractivity contribution in [3.05, 3.63) is 30.3 Å². The number of benzene rings is 1. The van der Waals surface area contributed by atoms with Crippen LogP contribution in [0.5, 0.6) is 5.75 Å². The van der Waals surface area contributed by atoms with E-state index < -0.39 is 18.2 Å². The number of nitrogens with zero attached hydrogens (tertiary/aromatic N) is 1. The summed E-state index contributed by atoms with van der Waals surface area (Å²) in [6.07, 6.45) is 0.640. The number of hydrogen-bond donors (Lipinski definition) is 0. The molecule has 0 amide bonds. The lowest BCUT2D eigenvalue weighted by atomic mass is 10.3. The van der Waals surface area contributed by atoms with Crippen LogP contribution >= 0.6 is 11.6 Å². The lowest BCUT2D eigenvalue weighted by Crippen LogP contribution is -2.24. The molecule has 0 N–H and O–H groups in total. The molecule has 0 aromatic heterocycles. The van der Waals surface area contributed by atoms with Crippen LogP contribution in [0.4, 0.5) is 0 Å². The van der Waals surface area contributed by atoms with Gasteiger partial charge in [-0.2, -0.15) is 0 Å². The summed E-state index contributed by atoms with van der Waals surface area (Å²) < 4.78 is 22.8. The van der Waals surface area contributed by atoms with E-state index in [-0.39, 0.29) is 0 Å². The van der Waals surface area contributed by atoms with E-state index in [0.717, 1.165) is 0 Å². The molecular formula is C12H20ClNO2SSi. The van der Waals surface area contributed by atoms with Gasteiger partial charge >= 0.3 is 0 Å². The van der Waals surface area contributed by atoms with Crippen LogP contribution in [0, 0.1) is 0 Å². The first-order valence-corrected chi connectivity index (χ1v) is 11.5. The molecule has 0 saturated carbocycles. The summed E-state index contributed by atoms with van der Waals surface area (Å²) in [5, 5.41) is 0. The Hall–Kier alpha value is -0.523. The Balaban J connectivity index is 2.99. The lowest BCUT2D eigenvalue weighted by Gasteiger charge is -2.17. The van der Waals surface area contributed by atoms with Crippen molar-refractivity contribution in [2.45, 2.75) is 26.1 Å². The fraction of sp³-hybridized carbons (Fsp3) is 0.500. The molecule has 1 unspecified atom stereocenters. The van der Waals surface area contributed by atoms with Crippen molar-refractivity contribution in [2.24, 2.45) is 4.03 Å². The summed E-state index contributed by atoms with van der Waals surface area (Å²) in [5.41, 5.74) is 0. The van der Waals surface area contributed by atoms with E-state index in [1.807, 2.05) is 37.8 Å². The highest BCUT2D eigenvalue weighted by Gasteiger charge is 2.19. The summed E-state index contributed by atoms with van der Waals surface area (Å²) in [4.78, 5) is 0. The number of alkyl halides is 1. The zero-order valence-electron chi connectivity index (χ0n) is 11.1. The highest BCUT2D eigenvalue weighted by Crippen LogP contribution is 2.17. The molecule has 1 atom stereocenters. The Morgan fingerprint density at radius 3 is 2.39 bits per heavy atom. The number of para-hydroxylation sites is 1. The van der Waals surface area contributed by atoms with E-state index in [9.17, 15) is 4.21 Å². The normalized spacial score (nSPS) is 14.9. The van der Waals surface area contributed by atoms with Crippen molar-refractivity contribution in [3.8, 4) is 5.75 Å². The van der Waals surface area contributed by atoms with Crippen molar-refractivity contribution in [1.82, 2.24) is 0 Å². The van der Waals surface area contributed by atoms with Gasteiger partial charge in [-0.25, -0.2) is 8.24 Å². The number of halogens is 1. The van der Waals surface area contributed by atoms with Gasteiger partial charge in [-0.1, -0.05) is 18.2 Å². The highest BCUT2D eigenvalue weighted by atomic mass is 35.5. The molecule has 1 aromatic carbocycles. The van der Waals surface area contributed by atoms with Gasteiger partial charge in [0.2, 0.25) is 0 Å².